The van der Waals surface area contributed by atoms with Gasteiger partial charge < -0.3 is 20.4 Å². The van der Waals surface area contributed by atoms with E-state index in [9.17, 15) is 4.79 Å². The topological polar surface area (TPSA) is 70.7 Å². The van der Waals surface area contributed by atoms with Gasteiger partial charge in [0, 0.05) is 29.1 Å². The minimum absolute atomic E-state index is 0.0611. The molecule has 4 N–H and O–H groups in total. The van der Waals surface area contributed by atoms with Crippen molar-refractivity contribution in [1.82, 2.24) is 4.98 Å². The number of anilines is 1. The summed E-state index contributed by atoms with van der Waals surface area (Å²) in [5.74, 6) is 0.596. The summed E-state index contributed by atoms with van der Waals surface area (Å²) in [5, 5.41) is 6.42. The molecule has 0 unspecified atom stereocenters. The zero-order chi connectivity index (χ0) is 21.6. The second-order valence-corrected chi connectivity index (χ2v) is 7.72. The van der Waals surface area contributed by atoms with Crippen molar-refractivity contribution < 1.29 is 14.8 Å². The number of aromatic nitrogens is 1. The Hall–Kier alpha value is -3.57. The van der Waals surface area contributed by atoms with Crippen LogP contribution in [0.15, 0.2) is 79.0 Å². The first kappa shape index (κ1) is 20.7. The Kier molecular flexibility index (Phi) is 6.34. The molecular formula is C26H28N3O2+. The van der Waals surface area contributed by atoms with Crippen LogP contribution in [0.5, 0.6) is 5.75 Å². The Morgan fingerprint density at radius 1 is 1.06 bits per heavy atom. The number of rotatable bonds is 8. The zero-order valence-corrected chi connectivity index (χ0v) is 17.9. The van der Waals surface area contributed by atoms with Gasteiger partial charge in [-0.3, -0.25) is 4.79 Å². The maximum absolute atomic E-state index is 13.3. The fraction of sp³-hybridized carbons (Fsp3) is 0.192. The number of ether oxygens (including phenoxy) is 1. The van der Waals surface area contributed by atoms with Gasteiger partial charge in [-0.2, -0.15) is 0 Å². The normalized spacial score (nSPS) is 11.9. The Balaban J connectivity index is 1.51. The van der Waals surface area contributed by atoms with E-state index >= 15 is 0 Å². The van der Waals surface area contributed by atoms with E-state index in [0.717, 1.165) is 29.6 Å². The standard InChI is InChI=1S/C26H27N3O2/c1-18-12-13-24(31-2)23(16-18)29-26(30)25(19-8-4-3-5-9-19)27-15-14-20-17-28-22-11-7-6-10-21(20)22/h3-13,16-17,25,27-28H,14-15H2,1-2H3,(H,29,30)/p+1/t25-/m1/s1. The summed E-state index contributed by atoms with van der Waals surface area (Å²) in [4.78, 5) is 16.6. The number of hydrogen-bond donors (Lipinski definition) is 3. The molecule has 0 radical (unpaired) electrons. The van der Waals surface area contributed by atoms with Crippen molar-refractivity contribution in [2.24, 2.45) is 0 Å². The Labute approximate surface area is 182 Å². The number of benzene rings is 3. The van der Waals surface area contributed by atoms with Crippen molar-refractivity contribution in [3.63, 3.8) is 0 Å². The number of carbonyl (C=O) groups is 1. The molecule has 0 aliphatic heterocycles. The number of aryl methyl sites for hydroxylation is 1. The number of para-hydroxylation sites is 1. The van der Waals surface area contributed by atoms with Crippen LogP contribution < -0.4 is 15.4 Å². The lowest BCUT2D eigenvalue weighted by Crippen LogP contribution is -2.87. The monoisotopic (exact) mass is 414 g/mol. The van der Waals surface area contributed by atoms with Crippen molar-refractivity contribution >= 4 is 22.5 Å². The highest BCUT2D eigenvalue weighted by molar-refractivity contribution is 5.95. The van der Waals surface area contributed by atoms with Crippen LogP contribution in [0.2, 0.25) is 0 Å². The predicted molar refractivity (Wildman–Crippen MR) is 124 cm³/mol. The Morgan fingerprint density at radius 2 is 1.84 bits per heavy atom. The van der Waals surface area contributed by atoms with E-state index in [4.69, 9.17) is 4.74 Å². The minimum atomic E-state index is -0.350. The lowest BCUT2D eigenvalue weighted by atomic mass is 10.0. The number of nitrogens with one attached hydrogen (secondary N) is 2. The first-order valence-corrected chi connectivity index (χ1v) is 10.5. The van der Waals surface area contributed by atoms with Crippen molar-refractivity contribution in [3.05, 3.63) is 95.7 Å². The molecule has 0 saturated heterocycles. The van der Waals surface area contributed by atoms with Crippen LogP contribution in [-0.4, -0.2) is 24.5 Å². The number of nitrogens with two attached hydrogens (primary N) is 1. The summed E-state index contributed by atoms with van der Waals surface area (Å²) in [5.41, 5.74) is 5.14. The molecule has 0 bridgehead atoms. The molecule has 1 heterocycles. The third-order valence-electron chi connectivity index (χ3n) is 5.54. The summed E-state index contributed by atoms with van der Waals surface area (Å²) in [6.07, 6.45) is 2.93. The fourth-order valence-corrected chi connectivity index (χ4v) is 3.93. The summed E-state index contributed by atoms with van der Waals surface area (Å²) in [6, 6.07) is 23.6. The van der Waals surface area contributed by atoms with Crippen LogP contribution in [0.3, 0.4) is 0 Å². The molecule has 0 spiro atoms. The summed E-state index contributed by atoms with van der Waals surface area (Å²) < 4.78 is 5.43. The molecule has 5 heteroatoms. The van der Waals surface area contributed by atoms with E-state index in [1.807, 2.05) is 61.5 Å². The SMILES string of the molecule is COc1ccc(C)cc1NC(=O)[C@H]([NH2+]CCc1c[nH]c2ccccc12)c1ccccc1. The Bertz CT molecular complexity index is 1170. The maximum Gasteiger partial charge on any atom is 0.287 e. The molecule has 3 aromatic carbocycles. The van der Waals surface area contributed by atoms with Crippen LogP contribution >= 0.6 is 0 Å². The molecule has 4 aromatic rings. The van der Waals surface area contributed by atoms with Crippen molar-refractivity contribution in [3.8, 4) is 5.75 Å². The predicted octanol–water partition coefficient (Wildman–Crippen LogP) is 3.97. The van der Waals surface area contributed by atoms with Crippen molar-refractivity contribution in [1.29, 1.82) is 0 Å². The number of fused-ring (bicyclic) bond motifs is 1. The maximum atomic E-state index is 13.3. The smallest absolute Gasteiger partial charge is 0.287 e. The number of amides is 1. The molecule has 0 fully saturated rings. The molecule has 0 aliphatic carbocycles. The molecule has 5 nitrogen and oxygen atoms in total. The van der Waals surface area contributed by atoms with Gasteiger partial charge in [-0.1, -0.05) is 54.6 Å². The number of quaternary nitrogens is 1. The average Bonchev–Trinajstić information content (AvgIpc) is 3.20. The molecule has 158 valence electrons. The highest BCUT2D eigenvalue weighted by Gasteiger charge is 2.25. The van der Waals surface area contributed by atoms with Gasteiger partial charge in [-0.25, -0.2) is 0 Å². The highest BCUT2D eigenvalue weighted by atomic mass is 16.5. The van der Waals surface area contributed by atoms with E-state index in [-0.39, 0.29) is 11.9 Å². The van der Waals surface area contributed by atoms with Gasteiger partial charge in [-0.15, -0.1) is 0 Å². The van der Waals surface area contributed by atoms with Crippen LogP contribution in [0.1, 0.15) is 22.7 Å². The largest absolute Gasteiger partial charge is 0.495 e. The van der Waals surface area contributed by atoms with Gasteiger partial charge in [0.1, 0.15) is 5.75 Å². The lowest BCUT2D eigenvalue weighted by Gasteiger charge is -2.17. The van der Waals surface area contributed by atoms with E-state index < -0.39 is 0 Å². The summed E-state index contributed by atoms with van der Waals surface area (Å²) in [7, 11) is 1.61. The molecule has 1 amide bonds. The molecule has 1 atom stereocenters. The van der Waals surface area contributed by atoms with E-state index in [1.54, 1.807) is 7.11 Å². The molecule has 0 saturated carbocycles. The van der Waals surface area contributed by atoms with Crippen LogP contribution in [0.25, 0.3) is 10.9 Å². The van der Waals surface area contributed by atoms with Crippen LogP contribution in [0, 0.1) is 6.92 Å². The van der Waals surface area contributed by atoms with Crippen molar-refractivity contribution in [2.45, 2.75) is 19.4 Å². The summed E-state index contributed by atoms with van der Waals surface area (Å²) in [6.45, 7) is 2.79. The first-order valence-electron chi connectivity index (χ1n) is 10.5. The van der Waals surface area contributed by atoms with Crippen molar-refractivity contribution in [2.75, 3.05) is 19.0 Å². The van der Waals surface area contributed by atoms with Gasteiger partial charge in [0.05, 0.1) is 19.3 Å². The van der Waals surface area contributed by atoms with Gasteiger partial charge in [0.25, 0.3) is 5.91 Å². The third-order valence-corrected chi connectivity index (χ3v) is 5.54. The molecule has 0 aliphatic rings. The second-order valence-electron chi connectivity index (χ2n) is 7.72. The molecule has 31 heavy (non-hydrogen) atoms. The van der Waals surface area contributed by atoms with Gasteiger partial charge in [0.15, 0.2) is 6.04 Å². The third kappa shape index (κ3) is 4.78. The first-order chi connectivity index (χ1) is 15.2. The fourth-order valence-electron chi connectivity index (χ4n) is 3.93. The second kappa shape index (κ2) is 9.49. The number of carbonyl (C=O) groups excluding carboxylic acids is 1. The van der Waals surface area contributed by atoms with E-state index in [2.05, 4.69) is 40.0 Å². The number of hydrogen-bond acceptors (Lipinski definition) is 2. The molecule has 1 aromatic heterocycles. The van der Waals surface area contributed by atoms with Gasteiger partial charge >= 0.3 is 0 Å². The van der Waals surface area contributed by atoms with Crippen LogP contribution in [-0.2, 0) is 11.2 Å². The Morgan fingerprint density at radius 3 is 2.65 bits per heavy atom. The van der Waals surface area contributed by atoms with E-state index in [1.165, 1.54) is 10.9 Å². The number of aromatic amines is 1. The van der Waals surface area contributed by atoms with Gasteiger partial charge in [0.2, 0.25) is 0 Å². The molecule has 4 rings (SSSR count). The highest BCUT2D eigenvalue weighted by Crippen LogP contribution is 2.26. The van der Waals surface area contributed by atoms with Gasteiger partial charge in [-0.05, 0) is 36.2 Å². The van der Waals surface area contributed by atoms with Crippen LogP contribution in [0.4, 0.5) is 5.69 Å². The quantitative estimate of drug-likeness (QED) is 0.408. The number of methoxy groups -OCH3 is 1. The summed E-state index contributed by atoms with van der Waals surface area (Å²) >= 11 is 0. The molecular weight excluding hydrogens is 386 g/mol. The zero-order valence-electron chi connectivity index (χ0n) is 17.9. The average molecular weight is 415 g/mol. The van der Waals surface area contributed by atoms with E-state index in [0.29, 0.717) is 11.4 Å². The lowest BCUT2D eigenvalue weighted by molar-refractivity contribution is -0.682. The number of H-pyrrole nitrogens is 1. The minimum Gasteiger partial charge on any atom is -0.495 e.